The number of rotatable bonds is 6. The van der Waals surface area contributed by atoms with Crippen LogP contribution in [0.1, 0.15) is 31.7 Å². The normalized spacial score (nSPS) is 21.0. The second kappa shape index (κ2) is 7.85. The second-order valence-electron chi connectivity index (χ2n) is 6.06. The molecule has 1 aliphatic carbocycles. The molecule has 1 aromatic rings. The number of hydrogen-bond acceptors (Lipinski definition) is 1. The zero-order chi connectivity index (χ0) is 16.1. The topological polar surface area (TPSA) is 29.1 Å². The minimum absolute atomic E-state index is 0.0461. The van der Waals surface area contributed by atoms with Gasteiger partial charge in [-0.2, -0.15) is 0 Å². The van der Waals surface area contributed by atoms with E-state index in [0.29, 0.717) is 34.3 Å². The predicted octanol–water partition coefficient (Wildman–Crippen LogP) is 4.98. The van der Waals surface area contributed by atoms with Crippen LogP contribution < -0.4 is 5.32 Å². The van der Waals surface area contributed by atoms with Gasteiger partial charge in [0.25, 0.3) is 0 Å². The number of benzene rings is 1. The van der Waals surface area contributed by atoms with Crippen molar-refractivity contribution in [3.63, 3.8) is 0 Å². The van der Waals surface area contributed by atoms with Crippen LogP contribution in [0.4, 0.5) is 0 Å². The maximum Gasteiger partial charge on any atom is 0.243 e. The molecule has 1 aromatic carbocycles. The molecule has 1 fully saturated rings. The van der Waals surface area contributed by atoms with Crippen molar-refractivity contribution in [1.82, 2.24) is 5.32 Å². The van der Waals surface area contributed by atoms with E-state index in [2.05, 4.69) is 25.2 Å². The summed E-state index contributed by atoms with van der Waals surface area (Å²) >= 11 is 12.0. The van der Waals surface area contributed by atoms with Crippen LogP contribution in [0.3, 0.4) is 0 Å². The van der Waals surface area contributed by atoms with Gasteiger partial charge in [0.05, 0.1) is 10.0 Å². The SMILES string of the molecule is CC(C)CNC(=O)C=CC=C[C@H]1C[C@@H]1c1ccc(Cl)c(Cl)c1. The minimum atomic E-state index is -0.0461. The van der Waals surface area contributed by atoms with Crippen molar-refractivity contribution in [3.05, 3.63) is 58.1 Å². The van der Waals surface area contributed by atoms with Crippen LogP contribution in [-0.4, -0.2) is 12.5 Å². The number of amides is 1. The van der Waals surface area contributed by atoms with Gasteiger partial charge in [-0.1, -0.05) is 61.3 Å². The summed E-state index contributed by atoms with van der Waals surface area (Å²) < 4.78 is 0. The zero-order valence-corrected chi connectivity index (χ0v) is 14.4. The average molecular weight is 338 g/mol. The average Bonchev–Trinajstić information content (AvgIpc) is 3.24. The molecular formula is C18H21Cl2NO. The largest absolute Gasteiger partial charge is 0.352 e. The lowest BCUT2D eigenvalue weighted by Crippen LogP contribution is -2.25. The Balaban J connectivity index is 1.78. The first kappa shape index (κ1) is 17.1. The van der Waals surface area contributed by atoms with Gasteiger partial charge in [0.15, 0.2) is 0 Å². The van der Waals surface area contributed by atoms with Crippen molar-refractivity contribution in [1.29, 1.82) is 0 Å². The molecule has 0 aromatic heterocycles. The Morgan fingerprint density at radius 1 is 1.32 bits per heavy atom. The number of carbonyl (C=O) groups excluding carboxylic acids is 1. The van der Waals surface area contributed by atoms with Crippen molar-refractivity contribution >= 4 is 29.1 Å². The molecule has 4 heteroatoms. The predicted molar refractivity (Wildman–Crippen MR) is 93.4 cm³/mol. The molecule has 0 aliphatic heterocycles. The molecule has 0 spiro atoms. The molecule has 0 bridgehead atoms. The maximum absolute atomic E-state index is 11.5. The fourth-order valence-electron chi connectivity index (χ4n) is 2.27. The summed E-state index contributed by atoms with van der Waals surface area (Å²) in [5.74, 6) is 1.44. The van der Waals surface area contributed by atoms with Crippen molar-refractivity contribution in [2.75, 3.05) is 6.54 Å². The van der Waals surface area contributed by atoms with Gasteiger partial charge in [-0.25, -0.2) is 0 Å². The summed E-state index contributed by atoms with van der Waals surface area (Å²) in [6.45, 7) is 4.84. The molecule has 1 aliphatic rings. The van der Waals surface area contributed by atoms with Gasteiger partial charge in [0.1, 0.15) is 0 Å². The van der Waals surface area contributed by atoms with E-state index in [1.165, 1.54) is 5.56 Å². The van der Waals surface area contributed by atoms with E-state index in [4.69, 9.17) is 23.2 Å². The smallest absolute Gasteiger partial charge is 0.243 e. The summed E-state index contributed by atoms with van der Waals surface area (Å²) in [6.07, 6.45) is 8.55. The van der Waals surface area contributed by atoms with Crippen LogP contribution in [0.5, 0.6) is 0 Å². The summed E-state index contributed by atoms with van der Waals surface area (Å²) in [6, 6.07) is 5.82. The number of nitrogens with one attached hydrogen (secondary N) is 1. The highest BCUT2D eigenvalue weighted by Gasteiger charge is 2.36. The van der Waals surface area contributed by atoms with E-state index in [1.807, 2.05) is 24.3 Å². The Morgan fingerprint density at radius 2 is 2.09 bits per heavy atom. The summed E-state index contributed by atoms with van der Waals surface area (Å²) in [4.78, 5) is 11.5. The molecule has 2 atom stereocenters. The standard InChI is InChI=1S/C18H21Cl2NO/c1-12(2)11-21-18(22)6-4-3-5-13-9-15(13)14-7-8-16(19)17(20)10-14/h3-8,10,12-13,15H,9,11H2,1-2H3,(H,21,22)/t13-,15-/m0/s1. The van der Waals surface area contributed by atoms with Gasteiger partial charge in [-0.05, 0) is 41.9 Å². The number of allylic oxidation sites excluding steroid dienone is 3. The van der Waals surface area contributed by atoms with E-state index in [1.54, 1.807) is 12.2 Å². The van der Waals surface area contributed by atoms with Gasteiger partial charge in [-0.3, -0.25) is 4.79 Å². The van der Waals surface area contributed by atoms with Crippen LogP contribution in [0, 0.1) is 11.8 Å². The highest BCUT2D eigenvalue weighted by molar-refractivity contribution is 6.42. The van der Waals surface area contributed by atoms with Crippen LogP contribution >= 0.6 is 23.2 Å². The van der Waals surface area contributed by atoms with E-state index >= 15 is 0 Å². The van der Waals surface area contributed by atoms with E-state index in [0.717, 1.165) is 6.42 Å². The fraction of sp³-hybridized carbons (Fsp3) is 0.389. The highest BCUT2D eigenvalue weighted by Crippen LogP contribution is 2.49. The van der Waals surface area contributed by atoms with Gasteiger partial charge in [0, 0.05) is 12.6 Å². The Bertz CT molecular complexity index is 593. The second-order valence-corrected chi connectivity index (χ2v) is 6.88. The lowest BCUT2D eigenvalue weighted by atomic mass is 10.1. The summed E-state index contributed by atoms with van der Waals surface area (Å²) in [5.41, 5.74) is 1.22. The van der Waals surface area contributed by atoms with Gasteiger partial charge in [-0.15, -0.1) is 0 Å². The number of carbonyl (C=O) groups is 1. The van der Waals surface area contributed by atoms with Crippen molar-refractivity contribution in [2.24, 2.45) is 11.8 Å². The molecule has 0 saturated heterocycles. The Labute approximate surface area is 142 Å². The van der Waals surface area contributed by atoms with E-state index < -0.39 is 0 Å². The molecule has 22 heavy (non-hydrogen) atoms. The molecule has 0 heterocycles. The third-order valence-electron chi connectivity index (χ3n) is 3.61. The summed E-state index contributed by atoms with van der Waals surface area (Å²) in [5, 5.41) is 4.04. The molecule has 1 N–H and O–H groups in total. The number of hydrogen-bond donors (Lipinski definition) is 1. The first-order valence-electron chi connectivity index (χ1n) is 7.55. The van der Waals surface area contributed by atoms with Gasteiger partial charge >= 0.3 is 0 Å². The maximum atomic E-state index is 11.5. The van der Waals surface area contributed by atoms with E-state index in [9.17, 15) is 4.79 Å². The molecule has 0 radical (unpaired) electrons. The lowest BCUT2D eigenvalue weighted by Gasteiger charge is -2.03. The Kier molecular flexibility index (Phi) is 6.10. The molecule has 2 rings (SSSR count). The summed E-state index contributed by atoms with van der Waals surface area (Å²) in [7, 11) is 0. The highest BCUT2D eigenvalue weighted by atomic mass is 35.5. The van der Waals surface area contributed by atoms with Gasteiger partial charge < -0.3 is 5.32 Å². The van der Waals surface area contributed by atoms with Crippen LogP contribution in [0.25, 0.3) is 0 Å². The van der Waals surface area contributed by atoms with Crippen molar-refractivity contribution < 1.29 is 4.79 Å². The van der Waals surface area contributed by atoms with Crippen molar-refractivity contribution in [2.45, 2.75) is 26.2 Å². The third kappa shape index (κ3) is 5.19. The molecule has 118 valence electrons. The minimum Gasteiger partial charge on any atom is -0.352 e. The zero-order valence-electron chi connectivity index (χ0n) is 12.9. The van der Waals surface area contributed by atoms with Crippen LogP contribution in [0.15, 0.2) is 42.5 Å². The first-order chi connectivity index (χ1) is 10.5. The monoisotopic (exact) mass is 337 g/mol. The van der Waals surface area contributed by atoms with E-state index in [-0.39, 0.29) is 5.91 Å². The quantitative estimate of drug-likeness (QED) is 0.575. The van der Waals surface area contributed by atoms with Gasteiger partial charge in [0.2, 0.25) is 5.91 Å². The fourth-order valence-corrected chi connectivity index (χ4v) is 2.57. The van der Waals surface area contributed by atoms with Crippen LogP contribution in [-0.2, 0) is 4.79 Å². The molecule has 2 nitrogen and oxygen atoms in total. The lowest BCUT2D eigenvalue weighted by molar-refractivity contribution is -0.116. The third-order valence-corrected chi connectivity index (χ3v) is 4.35. The number of halogens is 2. The molecule has 1 amide bonds. The first-order valence-corrected chi connectivity index (χ1v) is 8.30. The molecule has 0 unspecified atom stereocenters. The Morgan fingerprint density at radius 3 is 2.77 bits per heavy atom. The molecular weight excluding hydrogens is 317 g/mol. The van der Waals surface area contributed by atoms with Crippen LogP contribution in [0.2, 0.25) is 10.0 Å². The molecule has 1 saturated carbocycles. The van der Waals surface area contributed by atoms with Crippen molar-refractivity contribution in [3.8, 4) is 0 Å². The Hall–Kier alpha value is -1.25.